The summed E-state index contributed by atoms with van der Waals surface area (Å²) in [5.41, 5.74) is 0.0701. The van der Waals surface area contributed by atoms with E-state index in [2.05, 4.69) is 10.4 Å². The summed E-state index contributed by atoms with van der Waals surface area (Å²) in [7, 11) is 0. The SMILES string of the molecule is CC(C)n1[nH]c(=O)c2c1NC(=O)C[C@H]2c1ccc(F)cc1F. The van der Waals surface area contributed by atoms with Gasteiger partial charge in [-0.05, 0) is 25.5 Å². The van der Waals surface area contributed by atoms with Crippen molar-refractivity contribution in [1.82, 2.24) is 9.78 Å². The lowest BCUT2D eigenvalue weighted by Crippen LogP contribution is -2.27. The van der Waals surface area contributed by atoms with Crippen LogP contribution < -0.4 is 10.9 Å². The number of nitrogens with zero attached hydrogens (tertiary/aromatic N) is 1. The van der Waals surface area contributed by atoms with E-state index in [4.69, 9.17) is 0 Å². The van der Waals surface area contributed by atoms with Gasteiger partial charge in [-0.3, -0.25) is 19.4 Å². The van der Waals surface area contributed by atoms with Crippen molar-refractivity contribution in [3.63, 3.8) is 0 Å². The van der Waals surface area contributed by atoms with Crippen LogP contribution in [0.3, 0.4) is 0 Å². The molecule has 2 aromatic rings. The number of hydrogen-bond donors (Lipinski definition) is 2. The molecule has 0 saturated carbocycles. The van der Waals surface area contributed by atoms with Crippen molar-refractivity contribution in [3.8, 4) is 0 Å². The third-order valence-electron chi connectivity index (χ3n) is 3.81. The van der Waals surface area contributed by atoms with Gasteiger partial charge in [-0.15, -0.1) is 0 Å². The first-order chi connectivity index (χ1) is 10.4. The molecule has 2 N–H and O–H groups in total. The fourth-order valence-corrected chi connectivity index (χ4v) is 2.82. The van der Waals surface area contributed by atoms with Crippen LogP contribution in [0.1, 0.15) is 43.4 Å². The highest BCUT2D eigenvalue weighted by molar-refractivity contribution is 5.94. The number of carbonyl (C=O) groups excluding carboxylic acids is 1. The fourth-order valence-electron chi connectivity index (χ4n) is 2.82. The zero-order valence-electron chi connectivity index (χ0n) is 12.1. The summed E-state index contributed by atoms with van der Waals surface area (Å²) >= 11 is 0. The minimum absolute atomic E-state index is 0.0548. The Morgan fingerprint density at radius 3 is 2.64 bits per heavy atom. The standard InChI is InChI=1S/C15H15F2N3O2/c1-7(2)20-14-13(15(22)19-20)10(6-12(21)18-14)9-4-3-8(16)5-11(9)17/h3-5,7,10H,6H2,1-2H3,(H,18,21)(H,19,22)/t10-/m0/s1. The first kappa shape index (κ1) is 14.5. The Labute approximate surface area is 124 Å². The van der Waals surface area contributed by atoms with Gasteiger partial charge >= 0.3 is 0 Å². The molecule has 0 aliphatic carbocycles. The van der Waals surface area contributed by atoms with E-state index in [0.29, 0.717) is 11.4 Å². The highest BCUT2D eigenvalue weighted by atomic mass is 19.1. The Morgan fingerprint density at radius 2 is 2.00 bits per heavy atom. The van der Waals surface area contributed by atoms with E-state index in [9.17, 15) is 18.4 Å². The van der Waals surface area contributed by atoms with Crippen molar-refractivity contribution < 1.29 is 13.6 Å². The second kappa shape index (κ2) is 5.08. The Morgan fingerprint density at radius 1 is 1.27 bits per heavy atom. The Bertz CT molecular complexity index is 808. The molecule has 0 spiro atoms. The molecule has 116 valence electrons. The molecule has 1 atom stereocenters. The van der Waals surface area contributed by atoms with E-state index in [1.807, 2.05) is 13.8 Å². The summed E-state index contributed by atoms with van der Waals surface area (Å²) in [6.45, 7) is 3.70. The van der Waals surface area contributed by atoms with Crippen molar-refractivity contribution in [2.45, 2.75) is 32.2 Å². The van der Waals surface area contributed by atoms with Crippen LogP contribution in [0.4, 0.5) is 14.6 Å². The maximum Gasteiger partial charge on any atom is 0.270 e. The van der Waals surface area contributed by atoms with E-state index >= 15 is 0 Å². The van der Waals surface area contributed by atoms with Gasteiger partial charge in [0.2, 0.25) is 5.91 Å². The molecule has 1 aliphatic rings. The smallest absolute Gasteiger partial charge is 0.270 e. The zero-order chi connectivity index (χ0) is 16.0. The average molecular weight is 307 g/mol. The summed E-state index contributed by atoms with van der Waals surface area (Å²) < 4.78 is 28.7. The van der Waals surface area contributed by atoms with Crippen LogP contribution in [0, 0.1) is 11.6 Å². The molecule has 7 heteroatoms. The minimum Gasteiger partial charge on any atom is -0.311 e. The summed E-state index contributed by atoms with van der Waals surface area (Å²) in [5, 5.41) is 5.31. The molecule has 5 nitrogen and oxygen atoms in total. The van der Waals surface area contributed by atoms with Crippen LogP contribution in [-0.4, -0.2) is 15.7 Å². The number of aromatic nitrogens is 2. The highest BCUT2D eigenvalue weighted by Crippen LogP contribution is 2.36. The van der Waals surface area contributed by atoms with E-state index in [1.165, 1.54) is 6.07 Å². The first-order valence-electron chi connectivity index (χ1n) is 6.97. The van der Waals surface area contributed by atoms with Gasteiger partial charge < -0.3 is 5.32 Å². The number of halogens is 2. The van der Waals surface area contributed by atoms with Crippen molar-refractivity contribution in [3.05, 3.63) is 51.3 Å². The number of rotatable bonds is 2. The Balaban J connectivity index is 2.20. The summed E-state index contributed by atoms with van der Waals surface area (Å²) in [5.74, 6) is -2.15. The molecule has 0 bridgehead atoms. The number of hydrogen-bond acceptors (Lipinski definition) is 2. The maximum atomic E-state index is 14.1. The van der Waals surface area contributed by atoms with Crippen LogP contribution in [-0.2, 0) is 4.79 Å². The molecule has 0 saturated heterocycles. The lowest BCUT2D eigenvalue weighted by molar-refractivity contribution is -0.116. The van der Waals surface area contributed by atoms with Gasteiger partial charge in [0, 0.05) is 24.4 Å². The number of aromatic amines is 1. The van der Waals surface area contributed by atoms with Gasteiger partial charge in [0.1, 0.15) is 17.5 Å². The van der Waals surface area contributed by atoms with Gasteiger partial charge in [0.25, 0.3) is 5.56 Å². The number of amides is 1. The molecule has 0 unspecified atom stereocenters. The topological polar surface area (TPSA) is 66.9 Å². The van der Waals surface area contributed by atoms with Crippen molar-refractivity contribution in [2.75, 3.05) is 5.32 Å². The monoisotopic (exact) mass is 307 g/mol. The molecule has 3 rings (SSSR count). The first-order valence-corrected chi connectivity index (χ1v) is 6.97. The van der Waals surface area contributed by atoms with E-state index in [0.717, 1.165) is 12.1 Å². The van der Waals surface area contributed by atoms with Crippen molar-refractivity contribution in [2.24, 2.45) is 0 Å². The molecule has 1 aromatic heterocycles. The van der Waals surface area contributed by atoms with Gasteiger partial charge in [0.15, 0.2) is 0 Å². The summed E-state index contributed by atoms with van der Waals surface area (Å²) in [6, 6.07) is 3.09. The molecule has 0 fully saturated rings. The predicted octanol–water partition coefficient (Wildman–Crippen LogP) is 2.51. The van der Waals surface area contributed by atoms with E-state index in [-0.39, 0.29) is 29.5 Å². The molecule has 22 heavy (non-hydrogen) atoms. The lowest BCUT2D eigenvalue weighted by atomic mass is 9.87. The molecule has 1 aromatic carbocycles. The van der Waals surface area contributed by atoms with Crippen LogP contribution >= 0.6 is 0 Å². The second-order valence-electron chi connectivity index (χ2n) is 5.64. The highest BCUT2D eigenvalue weighted by Gasteiger charge is 2.34. The van der Waals surface area contributed by atoms with Crippen LogP contribution in [0.15, 0.2) is 23.0 Å². The number of carbonyl (C=O) groups is 1. The third kappa shape index (κ3) is 2.22. The summed E-state index contributed by atoms with van der Waals surface area (Å²) in [6.07, 6.45) is -0.0548. The van der Waals surface area contributed by atoms with Crippen LogP contribution in [0.25, 0.3) is 0 Å². The van der Waals surface area contributed by atoms with Crippen molar-refractivity contribution in [1.29, 1.82) is 0 Å². The Kier molecular flexibility index (Phi) is 3.35. The molecule has 0 radical (unpaired) electrons. The molecule has 1 amide bonds. The number of anilines is 1. The van der Waals surface area contributed by atoms with Gasteiger partial charge in [-0.25, -0.2) is 8.78 Å². The van der Waals surface area contributed by atoms with E-state index in [1.54, 1.807) is 4.68 Å². The van der Waals surface area contributed by atoms with Crippen LogP contribution in [0.5, 0.6) is 0 Å². The normalized spacial score (nSPS) is 17.5. The van der Waals surface area contributed by atoms with Crippen molar-refractivity contribution >= 4 is 11.7 Å². The third-order valence-corrected chi connectivity index (χ3v) is 3.81. The maximum absolute atomic E-state index is 14.1. The number of benzene rings is 1. The van der Waals surface area contributed by atoms with Gasteiger partial charge in [-0.1, -0.05) is 6.07 Å². The number of fused-ring (bicyclic) bond motifs is 1. The quantitative estimate of drug-likeness (QED) is 0.895. The van der Waals surface area contributed by atoms with Crippen LogP contribution in [0.2, 0.25) is 0 Å². The molecule has 2 heterocycles. The Hall–Kier alpha value is -2.44. The van der Waals surface area contributed by atoms with E-state index < -0.39 is 17.6 Å². The van der Waals surface area contributed by atoms with Gasteiger partial charge in [-0.2, -0.15) is 0 Å². The predicted molar refractivity (Wildman–Crippen MR) is 76.9 cm³/mol. The second-order valence-corrected chi connectivity index (χ2v) is 5.64. The largest absolute Gasteiger partial charge is 0.311 e. The zero-order valence-corrected chi connectivity index (χ0v) is 12.1. The molecular formula is C15H15F2N3O2. The minimum atomic E-state index is -0.762. The summed E-state index contributed by atoms with van der Waals surface area (Å²) in [4.78, 5) is 24.2. The molecular weight excluding hydrogens is 292 g/mol. The fraction of sp³-hybridized carbons (Fsp3) is 0.333. The van der Waals surface area contributed by atoms with Gasteiger partial charge in [0.05, 0.1) is 5.56 Å². The number of nitrogens with one attached hydrogen (secondary N) is 2. The lowest BCUT2D eigenvalue weighted by Gasteiger charge is -2.24. The number of H-pyrrole nitrogens is 1. The molecule has 1 aliphatic heterocycles. The average Bonchev–Trinajstić information content (AvgIpc) is 2.75.